The fourth-order valence-corrected chi connectivity index (χ4v) is 2.06. The van der Waals surface area contributed by atoms with Crippen LogP contribution in [0, 0.1) is 0 Å². The van der Waals surface area contributed by atoms with Crippen LogP contribution in [0.25, 0.3) is 0 Å². The predicted molar refractivity (Wildman–Crippen MR) is 58.2 cm³/mol. The molecule has 1 saturated carbocycles. The predicted octanol–water partition coefficient (Wildman–Crippen LogP) is 1.43. The fourth-order valence-electron chi connectivity index (χ4n) is 2.06. The highest BCUT2D eigenvalue weighted by Gasteiger charge is 2.17. The van der Waals surface area contributed by atoms with Crippen molar-refractivity contribution in [3.63, 3.8) is 0 Å². The van der Waals surface area contributed by atoms with Crippen LogP contribution >= 0.6 is 0 Å². The molecular weight excluding hydrogens is 176 g/mol. The van der Waals surface area contributed by atoms with Crippen LogP contribution in [0.5, 0.6) is 0 Å². The molecule has 1 rings (SSSR count). The molecule has 3 nitrogen and oxygen atoms in total. The number of carbonyl (C=O) groups is 1. The van der Waals surface area contributed by atoms with Gasteiger partial charge < -0.3 is 10.6 Å². The SMILES string of the molecule is CCNC(C)CC(=O)NC1CCCC1. The lowest BCUT2D eigenvalue weighted by Gasteiger charge is -2.15. The Labute approximate surface area is 86.6 Å². The van der Waals surface area contributed by atoms with E-state index >= 15 is 0 Å². The van der Waals surface area contributed by atoms with Gasteiger partial charge in [0, 0.05) is 18.5 Å². The molecule has 1 atom stereocenters. The summed E-state index contributed by atoms with van der Waals surface area (Å²) in [6, 6.07) is 0.748. The molecule has 1 fully saturated rings. The van der Waals surface area contributed by atoms with Crippen molar-refractivity contribution < 1.29 is 4.79 Å². The zero-order valence-corrected chi connectivity index (χ0v) is 9.31. The molecule has 0 aromatic rings. The minimum atomic E-state index is 0.199. The molecule has 0 radical (unpaired) electrons. The maximum atomic E-state index is 11.5. The molecule has 1 amide bonds. The first-order valence-corrected chi connectivity index (χ1v) is 5.75. The van der Waals surface area contributed by atoms with Gasteiger partial charge in [-0.2, -0.15) is 0 Å². The van der Waals surface area contributed by atoms with Crippen molar-refractivity contribution in [3.05, 3.63) is 0 Å². The van der Waals surface area contributed by atoms with Gasteiger partial charge in [0.2, 0.25) is 5.91 Å². The highest BCUT2D eigenvalue weighted by atomic mass is 16.1. The van der Waals surface area contributed by atoms with E-state index in [4.69, 9.17) is 0 Å². The van der Waals surface area contributed by atoms with Crippen molar-refractivity contribution in [2.75, 3.05) is 6.54 Å². The van der Waals surface area contributed by atoms with E-state index in [0.717, 1.165) is 6.54 Å². The van der Waals surface area contributed by atoms with Crippen LogP contribution in [0.2, 0.25) is 0 Å². The van der Waals surface area contributed by atoms with E-state index in [1.807, 2.05) is 0 Å². The Kier molecular flexibility index (Phi) is 4.94. The average molecular weight is 198 g/mol. The number of nitrogens with one attached hydrogen (secondary N) is 2. The summed E-state index contributed by atoms with van der Waals surface area (Å²) in [5.74, 6) is 0.199. The van der Waals surface area contributed by atoms with Crippen molar-refractivity contribution in [2.24, 2.45) is 0 Å². The molecule has 0 heterocycles. The van der Waals surface area contributed by atoms with Gasteiger partial charge in [-0.05, 0) is 26.3 Å². The van der Waals surface area contributed by atoms with E-state index in [-0.39, 0.29) is 5.91 Å². The van der Waals surface area contributed by atoms with Crippen molar-refractivity contribution in [1.82, 2.24) is 10.6 Å². The maximum absolute atomic E-state index is 11.5. The van der Waals surface area contributed by atoms with Crippen molar-refractivity contribution in [2.45, 2.75) is 58.0 Å². The summed E-state index contributed by atoms with van der Waals surface area (Å²) in [4.78, 5) is 11.5. The summed E-state index contributed by atoms with van der Waals surface area (Å²) >= 11 is 0. The third-order valence-electron chi connectivity index (χ3n) is 2.76. The Balaban J connectivity index is 2.14. The van der Waals surface area contributed by atoms with Crippen molar-refractivity contribution in [3.8, 4) is 0 Å². The number of rotatable bonds is 5. The first-order chi connectivity index (χ1) is 6.72. The van der Waals surface area contributed by atoms with Gasteiger partial charge in [-0.1, -0.05) is 19.8 Å². The molecule has 14 heavy (non-hydrogen) atoms. The van der Waals surface area contributed by atoms with Crippen LogP contribution in [0.4, 0.5) is 0 Å². The Morgan fingerprint density at radius 3 is 2.64 bits per heavy atom. The summed E-state index contributed by atoms with van der Waals surface area (Å²) in [7, 11) is 0. The van der Waals surface area contributed by atoms with Gasteiger partial charge in [-0.25, -0.2) is 0 Å². The highest BCUT2D eigenvalue weighted by molar-refractivity contribution is 5.76. The summed E-state index contributed by atoms with van der Waals surface area (Å²) in [5, 5.41) is 6.33. The largest absolute Gasteiger partial charge is 0.353 e. The molecular formula is C11H22N2O. The van der Waals surface area contributed by atoms with Gasteiger partial charge in [0.05, 0.1) is 0 Å². The Morgan fingerprint density at radius 1 is 1.43 bits per heavy atom. The van der Waals surface area contributed by atoms with Crippen molar-refractivity contribution in [1.29, 1.82) is 0 Å². The third-order valence-corrected chi connectivity index (χ3v) is 2.76. The normalized spacial score (nSPS) is 19.6. The van der Waals surface area contributed by atoms with Crippen LogP contribution in [0.15, 0.2) is 0 Å². The third kappa shape index (κ3) is 4.09. The van der Waals surface area contributed by atoms with E-state index in [0.29, 0.717) is 18.5 Å². The van der Waals surface area contributed by atoms with Crippen LogP contribution < -0.4 is 10.6 Å². The monoisotopic (exact) mass is 198 g/mol. The van der Waals surface area contributed by atoms with Gasteiger partial charge >= 0.3 is 0 Å². The quantitative estimate of drug-likeness (QED) is 0.701. The van der Waals surface area contributed by atoms with Gasteiger partial charge in [0.1, 0.15) is 0 Å². The molecule has 0 bridgehead atoms. The molecule has 0 aromatic carbocycles. The van der Waals surface area contributed by atoms with Gasteiger partial charge in [0.25, 0.3) is 0 Å². The molecule has 82 valence electrons. The zero-order chi connectivity index (χ0) is 10.4. The van der Waals surface area contributed by atoms with E-state index in [9.17, 15) is 4.79 Å². The summed E-state index contributed by atoms with van der Waals surface area (Å²) in [6.07, 6.45) is 5.48. The first kappa shape index (κ1) is 11.5. The van der Waals surface area contributed by atoms with Gasteiger partial charge in [0.15, 0.2) is 0 Å². The second-order valence-electron chi connectivity index (χ2n) is 4.21. The topological polar surface area (TPSA) is 41.1 Å². The van der Waals surface area contributed by atoms with Gasteiger partial charge in [-0.3, -0.25) is 4.79 Å². The Hall–Kier alpha value is -0.570. The lowest BCUT2D eigenvalue weighted by molar-refractivity contribution is -0.122. The minimum absolute atomic E-state index is 0.199. The molecule has 0 aromatic heterocycles. The Bertz CT molecular complexity index is 176. The van der Waals surface area contributed by atoms with Crippen LogP contribution in [0.3, 0.4) is 0 Å². The number of amides is 1. The smallest absolute Gasteiger partial charge is 0.221 e. The lowest BCUT2D eigenvalue weighted by Crippen LogP contribution is -2.37. The van der Waals surface area contributed by atoms with Crippen molar-refractivity contribution >= 4 is 5.91 Å². The molecule has 1 aliphatic rings. The second kappa shape index (κ2) is 6.02. The number of hydrogen-bond donors (Lipinski definition) is 2. The molecule has 0 spiro atoms. The van der Waals surface area contributed by atoms with E-state index in [1.165, 1.54) is 25.7 Å². The van der Waals surface area contributed by atoms with Gasteiger partial charge in [-0.15, -0.1) is 0 Å². The Morgan fingerprint density at radius 2 is 2.07 bits per heavy atom. The highest BCUT2D eigenvalue weighted by Crippen LogP contribution is 2.17. The van der Waals surface area contributed by atoms with Crippen LogP contribution in [0.1, 0.15) is 46.0 Å². The van der Waals surface area contributed by atoms with E-state index in [2.05, 4.69) is 24.5 Å². The van der Waals surface area contributed by atoms with Crippen LogP contribution in [-0.4, -0.2) is 24.5 Å². The number of hydrogen-bond acceptors (Lipinski definition) is 2. The lowest BCUT2D eigenvalue weighted by atomic mass is 10.2. The van der Waals surface area contributed by atoms with E-state index < -0.39 is 0 Å². The molecule has 3 heteroatoms. The molecule has 0 saturated heterocycles. The molecule has 1 aliphatic carbocycles. The summed E-state index contributed by atoms with van der Waals surface area (Å²) in [6.45, 7) is 5.04. The summed E-state index contributed by atoms with van der Waals surface area (Å²) < 4.78 is 0. The first-order valence-electron chi connectivity index (χ1n) is 5.75. The molecule has 2 N–H and O–H groups in total. The molecule has 1 unspecified atom stereocenters. The second-order valence-corrected chi connectivity index (χ2v) is 4.21. The molecule has 0 aliphatic heterocycles. The summed E-state index contributed by atoms with van der Waals surface area (Å²) in [5.41, 5.74) is 0. The van der Waals surface area contributed by atoms with Crippen LogP contribution in [-0.2, 0) is 4.79 Å². The minimum Gasteiger partial charge on any atom is -0.353 e. The average Bonchev–Trinajstić information content (AvgIpc) is 2.56. The zero-order valence-electron chi connectivity index (χ0n) is 9.31. The maximum Gasteiger partial charge on any atom is 0.221 e. The fraction of sp³-hybridized carbons (Fsp3) is 0.909. The standard InChI is InChI=1S/C11H22N2O/c1-3-12-9(2)8-11(14)13-10-6-4-5-7-10/h9-10,12H,3-8H2,1-2H3,(H,13,14). The number of carbonyl (C=O) groups excluding carboxylic acids is 1. The van der Waals surface area contributed by atoms with E-state index in [1.54, 1.807) is 0 Å².